The summed E-state index contributed by atoms with van der Waals surface area (Å²) in [5.41, 5.74) is 1.53. The minimum absolute atomic E-state index is 0.0549. The zero-order chi connectivity index (χ0) is 13.8. The van der Waals surface area contributed by atoms with Crippen LogP contribution in [0.15, 0.2) is 30.6 Å². The zero-order valence-corrected chi connectivity index (χ0v) is 11.2. The number of hydrogen-bond donors (Lipinski definition) is 2. The Morgan fingerprint density at radius 1 is 1.53 bits per heavy atom. The second-order valence-electron chi connectivity index (χ2n) is 4.34. The van der Waals surface area contributed by atoms with Crippen LogP contribution in [0, 0.1) is 5.82 Å². The van der Waals surface area contributed by atoms with E-state index in [2.05, 4.69) is 10.4 Å². The van der Waals surface area contributed by atoms with Crippen LogP contribution >= 0.6 is 11.6 Å². The molecular formula is C13H15ClFN3O. The Balaban J connectivity index is 1.86. The van der Waals surface area contributed by atoms with E-state index in [1.165, 1.54) is 12.1 Å². The van der Waals surface area contributed by atoms with E-state index in [9.17, 15) is 9.50 Å². The first-order chi connectivity index (χ1) is 9.06. The van der Waals surface area contributed by atoms with Gasteiger partial charge in [-0.05, 0) is 17.7 Å². The molecule has 0 aliphatic rings. The van der Waals surface area contributed by atoms with E-state index in [0.717, 1.165) is 5.56 Å². The maximum absolute atomic E-state index is 13.3. The van der Waals surface area contributed by atoms with Crippen molar-refractivity contribution >= 4 is 11.6 Å². The molecule has 1 heterocycles. The first kappa shape index (κ1) is 14.0. The molecule has 0 saturated carbocycles. The molecule has 2 rings (SSSR count). The quantitative estimate of drug-likeness (QED) is 0.883. The van der Waals surface area contributed by atoms with Gasteiger partial charge in [0.15, 0.2) is 0 Å². The Kier molecular flexibility index (Phi) is 4.52. The van der Waals surface area contributed by atoms with Crippen LogP contribution < -0.4 is 5.32 Å². The van der Waals surface area contributed by atoms with E-state index in [0.29, 0.717) is 18.7 Å². The third-order valence-electron chi connectivity index (χ3n) is 2.75. The van der Waals surface area contributed by atoms with E-state index in [4.69, 9.17) is 11.6 Å². The Morgan fingerprint density at radius 2 is 2.32 bits per heavy atom. The van der Waals surface area contributed by atoms with Gasteiger partial charge in [-0.3, -0.25) is 4.68 Å². The summed E-state index contributed by atoms with van der Waals surface area (Å²) in [6, 6.07) is 4.30. The van der Waals surface area contributed by atoms with Crippen molar-refractivity contribution in [1.82, 2.24) is 15.1 Å². The van der Waals surface area contributed by atoms with Crippen molar-refractivity contribution in [2.24, 2.45) is 7.05 Å². The highest BCUT2D eigenvalue weighted by atomic mass is 35.5. The summed E-state index contributed by atoms with van der Waals surface area (Å²) in [6.45, 7) is 0.928. The summed E-state index contributed by atoms with van der Waals surface area (Å²) in [7, 11) is 1.84. The lowest BCUT2D eigenvalue weighted by atomic mass is 10.1. The summed E-state index contributed by atoms with van der Waals surface area (Å²) < 4.78 is 15.0. The van der Waals surface area contributed by atoms with Crippen LogP contribution in [0.4, 0.5) is 4.39 Å². The van der Waals surface area contributed by atoms with Gasteiger partial charge in [-0.25, -0.2) is 4.39 Å². The van der Waals surface area contributed by atoms with Crippen molar-refractivity contribution in [2.75, 3.05) is 6.54 Å². The first-order valence-electron chi connectivity index (χ1n) is 5.87. The van der Waals surface area contributed by atoms with Crippen molar-refractivity contribution in [1.29, 1.82) is 0 Å². The molecule has 0 bridgehead atoms. The molecule has 2 aromatic rings. The van der Waals surface area contributed by atoms with Crippen molar-refractivity contribution in [3.05, 3.63) is 52.6 Å². The van der Waals surface area contributed by atoms with Gasteiger partial charge in [0.25, 0.3) is 0 Å². The molecule has 0 fully saturated rings. The van der Waals surface area contributed by atoms with Gasteiger partial charge in [0, 0.05) is 31.9 Å². The van der Waals surface area contributed by atoms with Gasteiger partial charge in [0.1, 0.15) is 5.82 Å². The van der Waals surface area contributed by atoms with Crippen molar-refractivity contribution in [3.63, 3.8) is 0 Å². The molecule has 6 heteroatoms. The first-order valence-corrected chi connectivity index (χ1v) is 6.25. The Bertz CT molecular complexity index is 559. The molecule has 4 nitrogen and oxygen atoms in total. The van der Waals surface area contributed by atoms with Crippen LogP contribution in [0.5, 0.6) is 0 Å². The van der Waals surface area contributed by atoms with Gasteiger partial charge in [-0.1, -0.05) is 17.7 Å². The normalized spacial score (nSPS) is 12.6. The van der Waals surface area contributed by atoms with Crippen molar-refractivity contribution < 1.29 is 9.50 Å². The highest BCUT2D eigenvalue weighted by Gasteiger charge is 2.10. The summed E-state index contributed by atoms with van der Waals surface area (Å²) in [6.07, 6.45) is 2.87. The van der Waals surface area contributed by atoms with Crippen LogP contribution in [0.2, 0.25) is 5.02 Å². The minimum Gasteiger partial charge on any atom is -0.387 e. The van der Waals surface area contributed by atoms with Crippen LogP contribution in [0.25, 0.3) is 0 Å². The lowest BCUT2D eigenvalue weighted by Gasteiger charge is -2.12. The maximum Gasteiger partial charge on any atom is 0.142 e. The van der Waals surface area contributed by atoms with Crippen molar-refractivity contribution in [2.45, 2.75) is 12.6 Å². The van der Waals surface area contributed by atoms with Gasteiger partial charge in [0.05, 0.1) is 17.3 Å². The topological polar surface area (TPSA) is 50.1 Å². The maximum atomic E-state index is 13.3. The smallest absolute Gasteiger partial charge is 0.142 e. The molecule has 1 atom stereocenters. The molecule has 0 saturated heterocycles. The summed E-state index contributed by atoms with van der Waals surface area (Å²) in [5, 5.41) is 17.1. The molecule has 1 aromatic carbocycles. The van der Waals surface area contributed by atoms with Gasteiger partial charge in [-0.15, -0.1) is 0 Å². The van der Waals surface area contributed by atoms with Crippen molar-refractivity contribution in [3.8, 4) is 0 Å². The molecule has 0 spiro atoms. The second kappa shape index (κ2) is 6.14. The number of nitrogens with zero attached hydrogens (tertiary/aromatic N) is 2. The molecule has 1 unspecified atom stereocenters. The predicted octanol–water partition coefficient (Wildman–Crippen LogP) is 2.04. The Hall–Kier alpha value is -1.43. The number of hydrogen-bond acceptors (Lipinski definition) is 3. The molecule has 102 valence electrons. The third-order valence-corrected chi connectivity index (χ3v) is 3.06. The van der Waals surface area contributed by atoms with Crippen LogP contribution in [-0.2, 0) is 13.6 Å². The standard InChI is InChI=1S/C13H15ClFN3O/c1-18-8-9(6-17-18)5-16-7-13(19)10-2-3-11(14)12(15)4-10/h2-4,6,8,13,16,19H,5,7H2,1H3. The Labute approximate surface area is 115 Å². The number of nitrogens with one attached hydrogen (secondary N) is 1. The fourth-order valence-corrected chi connectivity index (χ4v) is 1.87. The van der Waals surface area contributed by atoms with Gasteiger partial charge >= 0.3 is 0 Å². The highest BCUT2D eigenvalue weighted by Crippen LogP contribution is 2.19. The van der Waals surface area contributed by atoms with Crippen LogP contribution in [-0.4, -0.2) is 21.4 Å². The molecule has 0 aliphatic carbocycles. The SMILES string of the molecule is Cn1cc(CNCC(O)c2ccc(Cl)c(F)c2)cn1. The zero-order valence-electron chi connectivity index (χ0n) is 10.5. The highest BCUT2D eigenvalue weighted by molar-refractivity contribution is 6.30. The number of aryl methyl sites for hydroxylation is 1. The Morgan fingerprint density at radius 3 is 2.95 bits per heavy atom. The number of rotatable bonds is 5. The monoisotopic (exact) mass is 283 g/mol. The predicted molar refractivity (Wildman–Crippen MR) is 71.3 cm³/mol. The summed E-state index contributed by atoms with van der Waals surface area (Å²) >= 11 is 5.59. The number of halogens is 2. The van der Waals surface area contributed by atoms with E-state index in [1.807, 2.05) is 13.2 Å². The summed E-state index contributed by atoms with van der Waals surface area (Å²) in [5.74, 6) is -0.523. The third kappa shape index (κ3) is 3.76. The second-order valence-corrected chi connectivity index (χ2v) is 4.75. The molecule has 2 N–H and O–H groups in total. The van der Waals surface area contributed by atoms with Gasteiger partial charge < -0.3 is 10.4 Å². The fourth-order valence-electron chi connectivity index (χ4n) is 1.75. The number of aliphatic hydroxyl groups is 1. The van der Waals surface area contributed by atoms with E-state index in [1.54, 1.807) is 16.9 Å². The molecule has 0 radical (unpaired) electrons. The van der Waals surface area contributed by atoms with Crippen LogP contribution in [0.3, 0.4) is 0 Å². The lowest BCUT2D eigenvalue weighted by Crippen LogP contribution is -2.21. The van der Waals surface area contributed by atoms with E-state index < -0.39 is 11.9 Å². The number of aromatic nitrogens is 2. The molecule has 0 aliphatic heterocycles. The number of aliphatic hydroxyl groups excluding tert-OH is 1. The van der Waals surface area contributed by atoms with Gasteiger partial charge in [0.2, 0.25) is 0 Å². The van der Waals surface area contributed by atoms with Gasteiger partial charge in [-0.2, -0.15) is 5.10 Å². The summed E-state index contributed by atoms with van der Waals surface area (Å²) in [4.78, 5) is 0. The average Bonchev–Trinajstić information content (AvgIpc) is 2.78. The minimum atomic E-state index is -0.775. The molecule has 1 aromatic heterocycles. The average molecular weight is 284 g/mol. The fraction of sp³-hybridized carbons (Fsp3) is 0.308. The lowest BCUT2D eigenvalue weighted by molar-refractivity contribution is 0.174. The van der Waals surface area contributed by atoms with E-state index in [-0.39, 0.29) is 5.02 Å². The van der Waals surface area contributed by atoms with E-state index >= 15 is 0 Å². The van der Waals surface area contributed by atoms with Crippen LogP contribution in [0.1, 0.15) is 17.2 Å². The largest absolute Gasteiger partial charge is 0.387 e. The molecule has 19 heavy (non-hydrogen) atoms. The molecule has 0 amide bonds. The number of benzene rings is 1. The molecular weight excluding hydrogens is 269 g/mol.